The molecular formula is C41H28BrN9. The van der Waals surface area contributed by atoms with Gasteiger partial charge in [-0.25, -0.2) is 24.9 Å². The number of pyridine rings is 3. The number of aromatic nitrogens is 9. The van der Waals surface area contributed by atoms with Gasteiger partial charge >= 0.3 is 0 Å². The summed E-state index contributed by atoms with van der Waals surface area (Å²) in [6, 6.07) is 42.9. The largest absolute Gasteiger partial charge is 0.354 e. The van der Waals surface area contributed by atoms with Gasteiger partial charge in [0, 0.05) is 51.2 Å². The molecule has 51 heavy (non-hydrogen) atoms. The van der Waals surface area contributed by atoms with Crippen LogP contribution in [0.15, 0.2) is 163 Å². The molecule has 4 aromatic carbocycles. The Balaban J connectivity index is 0.000000126. The Morgan fingerprint density at radius 3 is 1.94 bits per heavy atom. The van der Waals surface area contributed by atoms with Gasteiger partial charge in [0.15, 0.2) is 0 Å². The molecule has 0 bridgehead atoms. The number of rotatable bonds is 2. The van der Waals surface area contributed by atoms with Crippen LogP contribution >= 0.6 is 15.9 Å². The van der Waals surface area contributed by atoms with Crippen LogP contribution in [0.4, 0.5) is 0 Å². The zero-order valence-electron chi connectivity index (χ0n) is 27.0. The van der Waals surface area contributed by atoms with Crippen molar-refractivity contribution in [2.75, 3.05) is 0 Å². The summed E-state index contributed by atoms with van der Waals surface area (Å²) in [5.41, 5.74) is 8.59. The van der Waals surface area contributed by atoms with Gasteiger partial charge < -0.3 is 9.97 Å². The first-order valence-electron chi connectivity index (χ1n) is 16.3. The van der Waals surface area contributed by atoms with Crippen molar-refractivity contribution in [2.24, 2.45) is 0 Å². The molecule has 0 saturated heterocycles. The monoisotopic (exact) mass is 725 g/mol. The van der Waals surface area contributed by atoms with Crippen LogP contribution < -0.4 is 0 Å². The van der Waals surface area contributed by atoms with Crippen LogP contribution in [0.2, 0.25) is 0 Å². The fraction of sp³-hybridized carbons (Fsp3) is 0. The molecule has 0 fully saturated rings. The van der Waals surface area contributed by atoms with E-state index in [-0.39, 0.29) is 0 Å². The maximum Gasteiger partial charge on any atom is 0.138 e. The standard InChI is InChI=1S/C23H15N5.C13H9N3.C5H4BrN/c1-2-8-19-16(7-1)17-13-18-21(27(15-26-18)22-9-3-5-11-24-22)14-20(17)28(19)23-10-4-6-12-25-23;1-2-4-10-8(3-1)9-5-12-13(15-7-14-12)6-11(9)16-10;6-5-3-1-2-4-7-5/h1-15H;1-7,16H,(H,14,15);1-4H. The van der Waals surface area contributed by atoms with Crippen molar-refractivity contribution in [2.45, 2.75) is 0 Å². The Hall–Kier alpha value is -6.65. The average Bonchev–Trinajstić information content (AvgIpc) is 3.97. The predicted molar refractivity (Wildman–Crippen MR) is 208 cm³/mol. The van der Waals surface area contributed by atoms with E-state index in [0.29, 0.717) is 0 Å². The average molecular weight is 727 g/mol. The minimum absolute atomic E-state index is 0.852. The first kappa shape index (κ1) is 30.4. The van der Waals surface area contributed by atoms with E-state index in [4.69, 9.17) is 0 Å². The number of imidazole rings is 2. The highest BCUT2D eigenvalue weighted by Crippen LogP contribution is 2.34. The van der Waals surface area contributed by atoms with Gasteiger partial charge in [-0.2, -0.15) is 0 Å². The Kier molecular flexibility index (Phi) is 7.75. The Labute approximate surface area is 299 Å². The second-order valence-corrected chi connectivity index (χ2v) is 12.7. The maximum atomic E-state index is 4.63. The molecule has 9 nitrogen and oxygen atoms in total. The van der Waals surface area contributed by atoms with Crippen molar-refractivity contribution >= 4 is 81.6 Å². The lowest BCUT2D eigenvalue weighted by molar-refractivity contribution is 1.02. The second kappa shape index (κ2) is 13.0. The van der Waals surface area contributed by atoms with E-state index in [1.165, 1.54) is 27.1 Å². The van der Waals surface area contributed by atoms with Crippen LogP contribution in [-0.4, -0.2) is 44.0 Å². The molecule has 7 aromatic heterocycles. The number of nitrogens with one attached hydrogen (secondary N) is 2. The van der Waals surface area contributed by atoms with Crippen LogP contribution in [-0.2, 0) is 0 Å². The van der Waals surface area contributed by atoms with Gasteiger partial charge in [-0.15, -0.1) is 0 Å². The zero-order valence-corrected chi connectivity index (χ0v) is 28.6. The number of benzene rings is 4. The summed E-state index contributed by atoms with van der Waals surface area (Å²) in [6.45, 7) is 0. The quantitative estimate of drug-likeness (QED) is 0.173. The van der Waals surface area contributed by atoms with Crippen LogP contribution in [0, 0.1) is 0 Å². The van der Waals surface area contributed by atoms with E-state index in [9.17, 15) is 0 Å². The Morgan fingerprint density at radius 2 is 1.20 bits per heavy atom. The number of aromatic amines is 2. The van der Waals surface area contributed by atoms with Gasteiger partial charge in [0.1, 0.15) is 22.6 Å². The third kappa shape index (κ3) is 5.67. The summed E-state index contributed by atoms with van der Waals surface area (Å²) in [5, 5.41) is 4.86. The third-order valence-corrected chi connectivity index (χ3v) is 9.26. The summed E-state index contributed by atoms with van der Waals surface area (Å²) in [5.74, 6) is 1.75. The fourth-order valence-corrected chi connectivity index (χ4v) is 6.78. The molecule has 0 atom stereocenters. The van der Waals surface area contributed by atoms with Gasteiger partial charge in [0.05, 0.1) is 39.4 Å². The highest BCUT2D eigenvalue weighted by Gasteiger charge is 2.16. The highest BCUT2D eigenvalue weighted by molar-refractivity contribution is 9.10. The fourth-order valence-electron chi connectivity index (χ4n) is 6.51. The normalized spacial score (nSPS) is 11.2. The van der Waals surface area contributed by atoms with Crippen LogP contribution in [0.1, 0.15) is 0 Å². The molecule has 0 radical (unpaired) electrons. The lowest BCUT2D eigenvalue weighted by atomic mass is 10.1. The smallest absolute Gasteiger partial charge is 0.138 e. The van der Waals surface area contributed by atoms with Crippen molar-refractivity contribution < 1.29 is 0 Å². The number of halogens is 1. The SMILES string of the molecule is Brc1ccccn1.c1ccc(-n2cnc3cc4c5ccccc5n(-c5ccccn5)c4cc32)nc1.c1ccc2c(c1)[nH]c1cc3nc[nH]c3cc12. The number of H-pyrrole nitrogens is 2. The molecular weight excluding hydrogens is 698 g/mol. The molecule has 0 amide bonds. The van der Waals surface area contributed by atoms with Gasteiger partial charge in [0.25, 0.3) is 0 Å². The lowest BCUT2D eigenvalue weighted by Crippen LogP contribution is -1.97. The number of nitrogens with zero attached hydrogens (tertiary/aromatic N) is 7. The lowest BCUT2D eigenvalue weighted by Gasteiger charge is -2.07. The molecule has 0 spiro atoms. The van der Waals surface area contributed by atoms with Crippen LogP contribution in [0.3, 0.4) is 0 Å². The molecule has 7 heterocycles. The zero-order chi connectivity index (χ0) is 34.1. The summed E-state index contributed by atoms with van der Waals surface area (Å²) in [6.07, 6.45) is 8.92. The minimum Gasteiger partial charge on any atom is -0.354 e. The third-order valence-electron chi connectivity index (χ3n) is 8.79. The van der Waals surface area contributed by atoms with E-state index < -0.39 is 0 Å². The van der Waals surface area contributed by atoms with E-state index in [2.05, 4.69) is 122 Å². The maximum absolute atomic E-state index is 4.63. The molecule has 0 aliphatic heterocycles. The van der Waals surface area contributed by atoms with Gasteiger partial charge in [-0.3, -0.25) is 9.13 Å². The number of hydrogen-bond acceptors (Lipinski definition) is 5. The molecule has 244 valence electrons. The first-order chi connectivity index (χ1) is 25.2. The first-order valence-corrected chi connectivity index (χ1v) is 17.1. The van der Waals surface area contributed by atoms with Crippen LogP contribution in [0.25, 0.3) is 77.3 Å². The molecule has 0 unspecified atom stereocenters. The molecule has 0 aliphatic carbocycles. The van der Waals surface area contributed by atoms with Crippen molar-refractivity contribution in [1.29, 1.82) is 0 Å². The predicted octanol–water partition coefficient (Wildman–Crippen LogP) is 9.95. The van der Waals surface area contributed by atoms with Crippen molar-refractivity contribution in [3.63, 3.8) is 0 Å². The van der Waals surface area contributed by atoms with Crippen molar-refractivity contribution in [3.8, 4) is 11.6 Å². The molecule has 0 saturated carbocycles. The van der Waals surface area contributed by atoms with E-state index >= 15 is 0 Å². The van der Waals surface area contributed by atoms with Gasteiger partial charge in [-0.1, -0.05) is 54.6 Å². The number of hydrogen-bond donors (Lipinski definition) is 2. The van der Waals surface area contributed by atoms with Crippen LogP contribution in [0.5, 0.6) is 0 Å². The number of para-hydroxylation sites is 2. The van der Waals surface area contributed by atoms with Crippen molar-refractivity contribution in [3.05, 3.63) is 163 Å². The molecule has 2 N–H and O–H groups in total. The summed E-state index contributed by atoms with van der Waals surface area (Å²) in [4.78, 5) is 28.4. The van der Waals surface area contributed by atoms with Gasteiger partial charge in [0.2, 0.25) is 0 Å². The molecule has 11 aromatic rings. The summed E-state index contributed by atoms with van der Waals surface area (Å²) < 4.78 is 5.12. The molecule has 0 aliphatic rings. The molecule has 11 rings (SSSR count). The summed E-state index contributed by atoms with van der Waals surface area (Å²) >= 11 is 3.20. The van der Waals surface area contributed by atoms with Gasteiger partial charge in [-0.05, 0) is 88.7 Å². The highest BCUT2D eigenvalue weighted by atomic mass is 79.9. The Bertz CT molecular complexity index is 2930. The van der Waals surface area contributed by atoms with E-state index in [1.54, 1.807) is 18.7 Å². The number of fused-ring (bicyclic) bond motifs is 8. The molecule has 10 heteroatoms. The topological polar surface area (TPSA) is 106 Å². The summed E-state index contributed by atoms with van der Waals surface area (Å²) in [7, 11) is 0. The second-order valence-electron chi connectivity index (χ2n) is 11.8. The van der Waals surface area contributed by atoms with Crippen molar-refractivity contribution in [1.82, 2.24) is 44.0 Å². The Morgan fingerprint density at radius 1 is 0.471 bits per heavy atom. The minimum atomic E-state index is 0.852. The van der Waals surface area contributed by atoms with E-state index in [0.717, 1.165) is 54.9 Å². The van der Waals surface area contributed by atoms with E-state index in [1.807, 2.05) is 77.8 Å².